The summed E-state index contributed by atoms with van der Waals surface area (Å²) < 4.78 is 12.1. The molecule has 0 amide bonds. The fourth-order valence-electron chi connectivity index (χ4n) is 4.00. The third-order valence-electron chi connectivity index (χ3n) is 5.67. The van der Waals surface area contributed by atoms with Crippen LogP contribution in [0.3, 0.4) is 0 Å². The second-order valence-corrected chi connectivity index (χ2v) is 8.65. The lowest BCUT2D eigenvalue weighted by molar-refractivity contribution is 0.206. The van der Waals surface area contributed by atoms with Gasteiger partial charge in [0, 0.05) is 17.5 Å². The van der Waals surface area contributed by atoms with Gasteiger partial charge in [-0.1, -0.05) is 51.1 Å². The van der Waals surface area contributed by atoms with Crippen molar-refractivity contribution in [2.45, 2.75) is 45.4 Å². The molecule has 2 aromatic rings. The number of nitrogens with zero attached hydrogens (tertiary/aromatic N) is 2. The lowest BCUT2D eigenvalue weighted by atomic mass is 9.88. The molecule has 1 aliphatic carbocycles. The fraction of sp³-hybridized carbons (Fsp3) is 0.391. The van der Waals surface area contributed by atoms with Crippen LogP contribution in [-0.4, -0.2) is 30.5 Å². The highest BCUT2D eigenvalue weighted by Crippen LogP contribution is 2.40. The molecule has 27 heavy (non-hydrogen) atoms. The second-order valence-electron chi connectivity index (χ2n) is 8.65. The summed E-state index contributed by atoms with van der Waals surface area (Å²) in [6.07, 6.45) is 1.04. The van der Waals surface area contributed by atoms with Crippen molar-refractivity contribution in [1.29, 1.82) is 0 Å². The number of hydrogen-bond acceptors (Lipinski definition) is 4. The Morgan fingerprint density at radius 2 is 1.70 bits per heavy atom. The highest BCUT2D eigenvalue weighted by Gasteiger charge is 2.39. The Kier molecular flexibility index (Phi) is 3.64. The summed E-state index contributed by atoms with van der Waals surface area (Å²) in [4.78, 5) is 9.70. The van der Waals surface area contributed by atoms with Crippen molar-refractivity contribution in [3.8, 4) is 0 Å². The smallest absolute Gasteiger partial charge is 0.217 e. The molecule has 4 heteroatoms. The molecule has 4 nitrogen and oxygen atoms in total. The third kappa shape index (κ3) is 2.84. The lowest BCUT2D eigenvalue weighted by Crippen LogP contribution is -2.25. The minimum atomic E-state index is 0.100. The van der Waals surface area contributed by atoms with Gasteiger partial charge in [-0.25, -0.2) is 9.98 Å². The van der Waals surface area contributed by atoms with E-state index in [1.54, 1.807) is 0 Å². The van der Waals surface area contributed by atoms with E-state index in [1.807, 2.05) is 18.2 Å². The molecule has 0 fully saturated rings. The van der Waals surface area contributed by atoms with Crippen LogP contribution in [0, 0.1) is 5.41 Å². The van der Waals surface area contributed by atoms with E-state index in [1.165, 1.54) is 11.1 Å². The van der Waals surface area contributed by atoms with Crippen molar-refractivity contribution in [1.82, 2.24) is 0 Å². The molecule has 0 saturated carbocycles. The Morgan fingerprint density at radius 3 is 2.48 bits per heavy atom. The van der Waals surface area contributed by atoms with Gasteiger partial charge in [0.15, 0.2) is 0 Å². The van der Waals surface area contributed by atoms with Gasteiger partial charge in [0.2, 0.25) is 11.8 Å². The van der Waals surface area contributed by atoms with Crippen molar-refractivity contribution in [3.63, 3.8) is 0 Å². The highest BCUT2D eigenvalue weighted by molar-refractivity contribution is 6.00. The van der Waals surface area contributed by atoms with Crippen LogP contribution in [0.25, 0.3) is 0 Å². The molecule has 3 aliphatic rings. The van der Waals surface area contributed by atoms with E-state index < -0.39 is 0 Å². The van der Waals surface area contributed by atoms with Gasteiger partial charge < -0.3 is 9.47 Å². The Labute approximate surface area is 160 Å². The molecule has 0 radical (unpaired) electrons. The maximum absolute atomic E-state index is 6.22. The Bertz CT molecular complexity index is 955. The zero-order chi connectivity index (χ0) is 18.6. The van der Waals surface area contributed by atoms with E-state index in [-0.39, 0.29) is 23.6 Å². The minimum Gasteiger partial charge on any atom is -0.475 e. The first-order valence-electron chi connectivity index (χ1n) is 9.63. The first kappa shape index (κ1) is 16.5. The predicted octanol–water partition coefficient (Wildman–Crippen LogP) is 4.32. The number of hydrogen-bond donors (Lipinski definition) is 0. The van der Waals surface area contributed by atoms with Gasteiger partial charge in [0.1, 0.15) is 18.8 Å². The zero-order valence-corrected chi connectivity index (χ0v) is 16.0. The molecule has 0 saturated heterocycles. The third-order valence-corrected chi connectivity index (χ3v) is 5.67. The number of fused-ring (bicyclic) bond motifs is 3. The SMILES string of the molecule is CC(C)(C)[C@H]1COC(c2cccc(C3=NC4c5ccccc5C[C@H]4O3)c2)=N1. The van der Waals surface area contributed by atoms with Gasteiger partial charge in [0.05, 0.1) is 6.04 Å². The van der Waals surface area contributed by atoms with Crippen LogP contribution in [0.1, 0.15) is 49.1 Å². The maximum atomic E-state index is 6.22. The number of benzene rings is 2. The Balaban J connectivity index is 1.43. The Morgan fingerprint density at radius 1 is 0.926 bits per heavy atom. The lowest BCUT2D eigenvalue weighted by Gasteiger charge is -2.21. The van der Waals surface area contributed by atoms with E-state index in [0.717, 1.165) is 29.3 Å². The largest absolute Gasteiger partial charge is 0.475 e. The maximum Gasteiger partial charge on any atom is 0.217 e. The molecule has 0 aromatic heterocycles. The average molecular weight is 360 g/mol. The van der Waals surface area contributed by atoms with Gasteiger partial charge in [-0.2, -0.15) is 0 Å². The molecule has 0 N–H and O–H groups in total. The summed E-state index contributed by atoms with van der Waals surface area (Å²) in [5.74, 6) is 1.45. The van der Waals surface area contributed by atoms with E-state index in [0.29, 0.717) is 6.61 Å². The first-order chi connectivity index (χ1) is 13.0. The molecular weight excluding hydrogens is 336 g/mol. The van der Waals surface area contributed by atoms with Crippen molar-refractivity contribution in [2.75, 3.05) is 6.61 Å². The van der Waals surface area contributed by atoms with E-state index in [4.69, 9.17) is 19.5 Å². The highest BCUT2D eigenvalue weighted by atomic mass is 16.5. The summed E-state index contributed by atoms with van der Waals surface area (Å²) in [5.41, 5.74) is 4.73. The standard InChI is InChI=1S/C23H24N2O2/c1-23(2,3)19-13-26-21(24-19)15-8-6-9-16(11-15)22-25-20-17-10-5-4-7-14(17)12-18(20)27-22/h4-11,18-20H,12-13H2,1-3H3/t18-,19-,20?/m1/s1. The normalized spacial score (nSPS) is 26.0. The molecule has 138 valence electrons. The van der Waals surface area contributed by atoms with E-state index in [9.17, 15) is 0 Å². The van der Waals surface area contributed by atoms with E-state index >= 15 is 0 Å². The molecule has 0 bridgehead atoms. The van der Waals surface area contributed by atoms with Crippen molar-refractivity contribution < 1.29 is 9.47 Å². The number of aliphatic imine (C=N–C) groups is 2. The van der Waals surface area contributed by atoms with Crippen molar-refractivity contribution in [3.05, 3.63) is 70.8 Å². The van der Waals surface area contributed by atoms with Gasteiger partial charge >= 0.3 is 0 Å². The summed E-state index contributed by atoms with van der Waals surface area (Å²) in [6, 6.07) is 17.0. The zero-order valence-electron chi connectivity index (χ0n) is 16.0. The van der Waals surface area contributed by atoms with Gasteiger partial charge in [-0.3, -0.25) is 0 Å². The molecule has 5 rings (SSSR count). The Hall–Kier alpha value is -2.62. The van der Waals surface area contributed by atoms with Crippen LogP contribution < -0.4 is 0 Å². The molecule has 2 aliphatic heterocycles. The fourth-order valence-corrected chi connectivity index (χ4v) is 4.00. The topological polar surface area (TPSA) is 43.2 Å². The molecule has 1 unspecified atom stereocenters. The number of rotatable bonds is 2. The van der Waals surface area contributed by atoms with Gasteiger partial charge in [-0.05, 0) is 34.7 Å². The molecule has 2 aromatic carbocycles. The monoisotopic (exact) mass is 360 g/mol. The molecule has 2 heterocycles. The van der Waals surface area contributed by atoms with Crippen LogP contribution in [-0.2, 0) is 15.9 Å². The summed E-state index contributed by atoms with van der Waals surface area (Å²) >= 11 is 0. The first-order valence-corrected chi connectivity index (χ1v) is 9.63. The van der Waals surface area contributed by atoms with Crippen molar-refractivity contribution in [2.24, 2.45) is 15.4 Å². The molecule has 0 spiro atoms. The van der Waals surface area contributed by atoms with Crippen LogP contribution in [0.15, 0.2) is 58.5 Å². The molecule has 3 atom stereocenters. The second kappa shape index (κ2) is 5.95. The quantitative estimate of drug-likeness (QED) is 0.800. The average Bonchev–Trinajstić information content (AvgIpc) is 3.35. The molecular formula is C23H24N2O2. The van der Waals surface area contributed by atoms with Crippen LogP contribution >= 0.6 is 0 Å². The summed E-state index contributed by atoms with van der Waals surface area (Å²) in [7, 11) is 0. The van der Waals surface area contributed by atoms with Crippen molar-refractivity contribution >= 4 is 11.8 Å². The number of ether oxygens (including phenoxy) is 2. The van der Waals surface area contributed by atoms with E-state index in [2.05, 4.69) is 51.1 Å². The van der Waals surface area contributed by atoms with Gasteiger partial charge in [-0.15, -0.1) is 0 Å². The van der Waals surface area contributed by atoms with Crippen LogP contribution in [0.4, 0.5) is 0 Å². The van der Waals surface area contributed by atoms with Crippen LogP contribution in [0.5, 0.6) is 0 Å². The van der Waals surface area contributed by atoms with Crippen LogP contribution in [0.2, 0.25) is 0 Å². The predicted molar refractivity (Wildman–Crippen MR) is 106 cm³/mol. The van der Waals surface area contributed by atoms with Gasteiger partial charge in [0.25, 0.3) is 0 Å². The summed E-state index contributed by atoms with van der Waals surface area (Å²) in [6.45, 7) is 7.23. The summed E-state index contributed by atoms with van der Waals surface area (Å²) in [5, 5.41) is 0. The minimum absolute atomic E-state index is 0.100.